The van der Waals surface area contributed by atoms with Crippen LogP contribution in [0.1, 0.15) is 27.0 Å². The Labute approximate surface area is 197 Å². The number of rotatable bonds is 5. The first kappa shape index (κ1) is 22.8. The van der Waals surface area contributed by atoms with Crippen molar-refractivity contribution in [2.45, 2.75) is 13.0 Å². The minimum atomic E-state index is -2.87. The highest BCUT2D eigenvalue weighted by Gasteiger charge is 2.33. The van der Waals surface area contributed by atoms with Crippen LogP contribution in [0.2, 0.25) is 0 Å². The number of fused-ring (bicyclic) bond motifs is 1. The number of aliphatic imine (C=N–C) groups is 1. The SMILES string of the molecule is O=C1CN=C(Cc2ccc(F)c(P3(=O)CCN(Cc4ccccc4)CC3)c2)c2ccc(F)cc21. The number of ketones is 1. The van der Waals surface area contributed by atoms with Gasteiger partial charge in [0.1, 0.15) is 25.3 Å². The summed E-state index contributed by atoms with van der Waals surface area (Å²) in [5, 5.41) is 0.302. The smallest absolute Gasteiger partial charge is 0.184 e. The maximum absolute atomic E-state index is 14.9. The van der Waals surface area contributed by atoms with Gasteiger partial charge in [0, 0.05) is 60.5 Å². The molecule has 0 unspecified atom stereocenters. The standard InChI is InChI=1S/C27H25F2N2O2P/c28-21-7-8-22-23(16-21)26(32)17-30-25(22)14-20-6-9-24(29)27(15-20)34(33)12-10-31(11-13-34)18-19-4-2-1-3-5-19/h1-9,15-16H,10-14,17-18H2. The van der Waals surface area contributed by atoms with Crippen LogP contribution in [0.25, 0.3) is 0 Å². The molecule has 0 bridgehead atoms. The molecule has 0 N–H and O–H groups in total. The van der Waals surface area contributed by atoms with Gasteiger partial charge in [-0.05, 0) is 41.5 Å². The largest absolute Gasteiger partial charge is 0.318 e. The zero-order chi connectivity index (χ0) is 23.7. The molecular formula is C27H25F2N2O2P. The average molecular weight is 478 g/mol. The number of carbonyl (C=O) groups is 1. The molecule has 4 nitrogen and oxygen atoms in total. The van der Waals surface area contributed by atoms with Crippen molar-refractivity contribution in [1.29, 1.82) is 0 Å². The molecule has 5 rings (SSSR count). The van der Waals surface area contributed by atoms with Crippen LogP contribution < -0.4 is 5.30 Å². The van der Waals surface area contributed by atoms with Gasteiger partial charge in [-0.3, -0.25) is 14.7 Å². The molecule has 0 amide bonds. The van der Waals surface area contributed by atoms with Gasteiger partial charge in [-0.15, -0.1) is 0 Å². The number of Topliss-reactive ketones (excluding diaryl/α,β-unsaturated/α-hetero) is 1. The summed E-state index contributed by atoms with van der Waals surface area (Å²) in [4.78, 5) is 18.8. The van der Waals surface area contributed by atoms with Crippen molar-refractivity contribution in [3.8, 4) is 0 Å². The molecule has 3 aromatic carbocycles. The summed E-state index contributed by atoms with van der Waals surface area (Å²) < 4.78 is 42.3. The lowest BCUT2D eigenvalue weighted by Crippen LogP contribution is -2.37. The molecule has 0 aromatic heterocycles. The highest BCUT2D eigenvalue weighted by molar-refractivity contribution is 7.71. The van der Waals surface area contributed by atoms with E-state index >= 15 is 0 Å². The molecule has 0 radical (unpaired) electrons. The van der Waals surface area contributed by atoms with Crippen molar-refractivity contribution in [3.63, 3.8) is 0 Å². The van der Waals surface area contributed by atoms with Crippen LogP contribution in [-0.2, 0) is 17.5 Å². The summed E-state index contributed by atoms with van der Waals surface area (Å²) in [6.07, 6.45) is 1.24. The quantitative estimate of drug-likeness (QED) is 0.500. The third kappa shape index (κ3) is 4.66. The predicted molar refractivity (Wildman–Crippen MR) is 131 cm³/mol. The Morgan fingerprint density at radius 2 is 1.65 bits per heavy atom. The number of hydrogen-bond donors (Lipinski definition) is 0. The number of carbonyl (C=O) groups excluding carboxylic acids is 1. The lowest BCUT2D eigenvalue weighted by molar-refractivity contribution is 0.0999. The fourth-order valence-corrected chi connectivity index (χ4v) is 7.51. The summed E-state index contributed by atoms with van der Waals surface area (Å²) in [6, 6.07) is 19.0. The van der Waals surface area contributed by atoms with E-state index in [4.69, 9.17) is 0 Å². The van der Waals surface area contributed by atoms with Crippen LogP contribution in [-0.4, -0.2) is 48.4 Å². The van der Waals surface area contributed by atoms with Gasteiger partial charge in [0.15, 0.2) is 5.78 Å². The predicted octanol–water partition coefficient (Wildman–Crippen LogP) is 4.70. The van der Waals surface area contributed by atoms with E-state index in [1.807, 2.05) is 18.2 Å². The zero-order valence-electron chi connectivity index (χ0n) is 18.7. The van der Waals surface area contributed by atoms with Gasteiger partial charge in [-0.2, -0.15) is 0 Å². The Hall–Kier alpha value is -2.95. The molecule has 1 saturated heterocycles. The molecule has 0 aliphatic carbocycles. The lowest BCUT2D eigenvalue weighted by Gasteiger charge is -2.32. The van der Waals surface area contributed by atoms with Crippen molar-refractivity contribution >= 4 is 23.9 Å². The number of hydrogen-bond acceptors (Lipinski definition) is 4. The maximum atomic E-state index is 14.9. The van der Waals surface area contributed by atoms with Gasteiger partial charge in [0.2, 0.25) is 0 Å². The minimum absolute atomic E-state index is 0.0322. The fraction of sp³-hybridized carbons (Fsp3) is 0.259. The third-order valence-corrected chi connectivity index (χ3v) is 9.70. The van der Waals surface area contributed by atoms with Crippen molar-refractivity contribution in [3.05, 3.63) is 101 Å². The van der Waals surface area contributed by atoms with Gasteiger partial charge in [0.25, 0.3) is 0 Å². The topological polar surface area (TPSA) is 49.7 Å². The molecule has 174 valence electrons. The summed E-state index contributed by atoms with van der Waals surface area (Å²) in [6.45, 7) is 2.07. The van der Waals surface area contributed by atoms with E-state index in [0.717, 1.165) is 12.1 Å². The molecule has 0 atom stereocenters. The molecule has 1 fully saturated rings. The number of nitrogens with zero attached hydrogens (tertiary/aromatic N) is 2. The fourth-order valence-electron chi connectivity index (χ4n) is 4.73. The minimum Gasteiger partial charge on any atom is -0.318 e. The Balaban J connectivity index is 1.34. The zero-order valence-corrected chi connectivity index (χ0v) is 19.6. The van der Waals surface area contributed by atoms with Crippen molar-refractivity contribution in [2.24, 2.45) is 4.99 Å². The highest BCUT2D eigenvalue weighted by Crippen LogP contribution is 2.47. The summed E-state index contributed by atoms with van der Waals surface area (Å²) in [5.74, 6) is -1.12. The van der Waals surface area contributed by atoms with E-state index in [0.29, 0.717) is 54.0 Å². The maximum Gasteiger partial charge on any atom is 0.184 e. The van der Waals surface area contributed by atoms with Crippen molar-refractivity contribution < 1.29 is 18.1 Å². The van der Waals surface area contributed by atoms with Crippen LogP contribution in [0.15, 0.2) is 71.7 Å². The first-order chi connectivity index (χ1) is 16.4. The van der Waals surface area contributed by atoms with E-state index in [1.54, 1.807) is 18.2 Å². The van der Waals surface area contributed by atoms with Gasteiger partial charge in [-0.1, -0.05) is 36.4 Å². The van der Waals surface area contributed by atoms with Crippen LogP contribution in [0.3, 0.4) is 0 Å². The van der Waals surface area contributed by atoms with E-state index in [-0.39, 0.29) is 12.3 Å². The summed E-state index contributed by atoms with van der Waals surface area (Å²) in [7, 11) is -2.87. The second-order valence-corrected chi connectivity index (χ2v) is 12.1. The molecule has 2 aliphatic heterocycles. The molecule has 3 aromatic rings. The average Bonchev–Trinajstić information content (AvgIpc) is 2.84. The molecule has 2 heterocycles. The molecule has 0 saturated carbocycles. The van der Waals surface area contributed by atoms with E-state index < -0.39 is 18.8 Å². The van der Waals surface area contributed by atoms with Crippen LogP contribution in [0.5, 0.6) is 0 Å². The summed E-state index contributed by atoms with van der Waals surface area (Å²) in [5.41, 5.74) is 3.57. The number of halogens is 2. The summed E-state index contributed by atoms with van der Waals surface area (Å²) >= 11 is 0. The van der Waals surface area contributed by atoms with Crippen LogP contribution in [0.4, 0.5) is 8.78 Å². The third-order valence-electron chi connectivity index (χ3n) is 6.63. The van der Waals surface area contributed by atoms with Crippen LogP contribution in [0, 0.1) is 11.6 Å². The van der Waals surface area contributed by atoms with E-state index in [2.05, 4.69) is 22.0 Å². The molecule has 7 heteroatoms. The molecule has 2 aliphatic rings. The lowest BCUT2D eigenvalue weighted by atomic mass is 9.93. The first-order valence-corrected chi connectivity index (χ1v) is 13.5. The Kier molecular flexibility index (Phi) is 6.28. The second-order valence-electron chi connectivity index (χ2n) is 8.94. The molecule has 34 heavy (non-hydrogen) atoms. The van der Waals surface area contributed by atoms with Crippen molar-refractivity contribution in [1.82, 2.24) is 4.90 Å². The van der Waals surface area contributed by atoms with Gasteiger partial charge in [-0.25, -0.2) is 8.78 Å². The normalized spacial score (nSPS) is 17.8. The Morgan fingerprint density at radius 1 is 0.882 bits per heavy atom. The highest BCUT2D eigenvalue weighted by atomic mass is 31.2. The van der Waals surface area contributed by atoms with Gasteiger partial charge < -0.3 is 4.57 Å². The molecular weight excluding hydrogens is 453 g/mol. The van der Waals surface area contributed by atoms with Crippen LogP contribution >= 0.6 is 7.14 Å². The second kappa shape index (κ2) is 9.36. The monoisotopic (exact) mass is 478 g/mol. The van der Waals surface area contributed by atoms with Gasteiger partial charge >= 0.3 is 0 Å². The Bertz CT molecular complexity index is 1310. The van der Waals surface area contributed by atoms with E-state index in [9.17, 15) is 18.1 Å². The Morgan fingerprint density at radius 3 is 2.41 bits per heavy atom. The molecule has 0 spiro atoms. The van der Waals surface area contributed by atoms with E-state index in [1.165, 1.54) is 23.8 Å². The van der Waals surface area contributed by atoms with Crippen molar-refractivity contribution in [2.75, 3.05) is 32.0 Å². The first-order valence-electron chi connectivity index (χ1n) is 11.4. The number of benzene rings is 3. The van der Waals surface area contributed by atoms with Gasteiger partial charge in [0.05, 0.1) is 0 Å².